The van der Waals surface area contributed by atoms with Gasteiger partial charge in [-0.1, -0.05) is 6.92 Å². The zero-order valence-corrected chi connectivity index (χ0v) is 18.3. The summed E-state index contributed by atoms with van der Waals surface area (Å²) >= 11 is 0. The molecular weight excluding hydrogens is 431 g/mol. The van der Waals surface area contributed by atoms with Gasteiger partial charge in [0.2, 0.25) is 0 Å². The third kappa shape index (κ3) is 9.40. The number of hydrogen-bond donors (Lipinski definition) is 2. The van der Waals surface area contributed by atoms with Crippen LogP contribution in [0.3, 0.4) is 0 Å². The summed E-state index contributed by atoms with van der Waals surface area (Å²) in [5.74, 6) is 2.25. The first-order valence-electron chi connectivity index (χ1n) is 9.71. The minimum atomic E-state index is 0. The number of rotatable bonds is 10. The Bertz CT molecular complexity index is 365. The standard InChI is InChI=1S/C18H36N4O2.HI/c1-3-19-18(21-12-16-6-9-22(4-2)13-16)20-8-5-10-23-14-17-7-11-24-15-17;/h16-17H,3-15H2,1-2H3,(H2,19,20,21);1H. The average molecular weight is 468 g/mol. The molecule has 0 aliphatic carbocycles. The molecule has 6 nitrogen and oxygen atoms in total. The van der Waals surface area contributed by atoms with Crippen molar-refractivity contribution in [1.29, 1.82) is 0 Å². The molecule has 2 atom stereocenters. The smallest absolute Gasteiger partial charge is 0.191 e. The highest BCUT2D eigenvalue weighted by molar-refractivity contribution is 14.0. The third-order valence-corrected chi connectivity index (χ3v) is 4.80. The van der Waals surface area contributed by atoms with Crippen molar-refractivity contribution in [2.45, 2.75) is 33.1 Å². The lowest BCUT2D eigenvalue weighted by Gasteiger charge is -2.14. The lowest BCUT2D eigenvalue weighted by atomic mass is 10.1. The second-order valence-electron chi connectivity index (χ2n) is 6.85. The van der Waals surface area contributed by atoms with Gasteiger partial charge in [0.1, 0.15) is 0 Å². The lowest BCUT2D eigenvalue weighted by Crippen LogP contribution is -2.38. The Labute approximate surface area is 170 Å². The molecule has 2 aliphatic rings. The van der Waals surface area contributed by atoms with Crippen LogP contribution in [0.1, 0.15) is 33.1 Å². The number of ether oxygens (including phenoxy) is 2. The molecule has 0 radical (unpaired) electrons. The van der Waals surface area contributed by atoms with Crippen LogP contribution in [0.2, 0.25) is 0 Å². The molecule has 0 saturated carbocycles. The minimum absolute atomic E-state index is 0. The summed E-state index contributed by atoms with van der Waals surface area (Å²) in [6, 6.07) is 0. The highest BCUT2D eigenvalue weighted by Crippen LogP contribution is 2.15. The normalized spacial score (nSPS) is 24.3. The molecule has 2 N–H and O–H groups in total. The van der Waals surface area contributed by atoms with Gasteiger partial charge in [-0.25, -0.2) is 0 Å². The van der Waals surface area contributed by atoms with Crippen LogP contribution < -0.4 is 10.6 Å². The van der Waals surface area contributed by atoms with E-state index in [9.17, 15) is 0 Å². The van der Waals surface area contributed by atoms with Gasteiger partial charge >= 0.3 is 0 Å². The Kier molecular flexibility index (Phi) is 12.8. The molecule has 2 saturated heterocycles. The summed E-state index contributed by atoms with van der Waals surface area (Å²) in [4.78, 5) is 7.26. The average Bonchev–Trinajstić information content (AvgIpc) is 3.27. The molecule has 0 amide bonds. The van der Waals surface area contributed by atoms with Crippen LogP contribution in [0.5, 0.6) is 0 Å². The number of nitrogens with one attached hydrogen (secondary N) is 2. The molecule has 25 heavy (non-hydrogen) atoms. The van der Waals surface area contributed by atoms with E-state index in [0.717, 1.165) is 71.4 Å². The lowest BCUT2D eigenvalue weighted by molar-refractivity contribution is 0.0888. The molecule has 2 heterocycles. The Morgan fingerprint density at radius 1 is 1.24 bits per heavy atom. The maximum absolute atomic E-state index is 5.74. The molecule has 0 aromatic rings. The zero-order chi connectivity index (χ0) is 17.0. The van der Waals surface area contributed by atoms with Gasteiger partial charge in [-0.15, -0.1) is 24.0 Å². The topological polar surface area (TPSA) is 58.1 Å². The maximum Gasteiger partial charge on any atom is 0.191 e. The van der Waals surface area contributed by atoms with Gasteiger partial charge < -0.3 is 25.0 Å². The van der Waals surface area contributed by atoms with Gasteiger partial charge in [-0.3, -0.25) is 4.99 Å². The van der Waals surface area contributed by atoms with Crippen molar-refractivity contribution in [2.75, 3.05) is 65.7 Å². The highest BCUT2D eigenvalue weighted by Gasteiger charge is 2.20. The molecule has 2 fully saturated rings. The molecule has 0 aromatic heterocycles. The van der Waals surface area contributed by atoms with E-state index in [2.05, 4.69) is 29.4 Å². The molecule has 0 aromatic carbocycles. The summed E-state index contributed by atoms with van der Waals surface area (Å²) < 4.78 is 11.1. The quantitative estimate of drug-likeness (QED) is 0.222. The van der Waals surface area contributed by atoms with E-state index >= 15 is 0 Å². The van der Waals surface area contributed by atoms with Crippen LogP contribution >= 0.6 is 24.0 Å². The van der Waals surface area contributed by atoms with Crippen molar-refractivity contribution < 1.29 is 9.47 Å². The van der Waals surface area contributed by atoms with Crippen molar-refractivity contribution >= 4 is 29.9 Å². The maximum atomic E-state index is 5.74. The van der Waals surface area contributed by atoms with Crippen molar-refractivity contribution in [3.05, 3.63) is 0 Å². The van der Waals surface area contributed by atoms with E-state index < -0.39 is 0 Å². The van der Waals surface area contributed by atoms with Crippen LogP contribution in [-0.2, 0) is 9.47 Å². The molecule has 7 heteroatoms. The minimum Gasteiger partial charge on any atom is -0.381 e. The van der Waals surface area contributed by atoms with Gasteiger partial charge in [0.15, 0.2) is 5.96 Å². The van der Waals surface area contributed by atoms with Gasteiger partial charge in [0.05, 0.1) is 13.2 Å². The van der Waals surface area contributed by atoms with Crippen molar-refractivity contribution in [3.8, 4) is 0 Å². The SMILES string of the molecule is CCNC(=NCC1CCN(CC)C1)NCCCOCC1CCOC1.I. The first kappa shape index (κ1) is 22.9. The Morgan fingerprint density at radius 3 is 2.80 bits per heavy atom. The number of guanidine groups is 1. The number of halogens is 1. The Balaban J connectivity index is 0.00000312. The molecule has 2 unspecified atom stereocenters. The predicted molar refractivity (Wildman–Crippen MR) is 114 cm³/mol. The van der Waals surface area contributed by atoms with Crippen molar-refractivity contribution in [1.82, 2.24) is 15.5 Å². The molecule has 2 aliphatic heterocycles. The van der Waals surface area contributed by atoms with Crippen LogP contribution in [0.15, 0.2) is 4.99 Å². The van der Waals surface area contributed by atoms with E-state index in [0.29, 0.717) is 11.8 Å². The highest BCUT2D eigenvalue weighted by atomic mass is 127. The van der Waals surface area contributed by atoms with Crippen molar-refractivity contribution in [3.63, 3.8) is 0 Å². The summed E-state index contributed by atoms with van der Waals surface area (Å²) in [6.45, 7) is 14.0. The fraction of sp³-hybridized carbons (Fsp3) is 0.944. The summed E-state index contributed by atoms with van der Waals surface area (Å²) in [5, 5.41) is 6.75. The van der Waals surface area contributed by atoms with E-state index in [4.69, 9.17) is 14.5 Å². The first-order chi connectivity index (χ1) is 11.8. The van der Waals surface area contributed by atoms with Crippen LogP contribution in [-0.4, -0.2) is 76.6 Å². The number of aliphatic imine (C=N–C) groups is 1. The number of nitrogens with zero attached hydrogens (tertiary/aromatic N) is 2. The molecule has 0 spiro atoms. The van der Waals surface area contributed by atoms with Crippen LogP contribution in [0.4, 0.5) is 0 Å². The summed E-state index contributed by atoms with van der Waals surface area (Å²) in [5.41, 5.74) is 0. The zero-order valence-electron chi connectivity index (χ0n) is 16.0. The fourth-order valence-corrected chi connectivity index (χ4v) is 3.26. The van der Waals surface area contributed by atoms with Crippen LogP contribution in [0.25, 0.3) is 0 Å². The first-order valence-corrected chi connectivity index (χ1v) is 9.71. The predicted octanol–water partition coefficient (Wildman–Crippen LogP) is 1.94. The van der Waals surface area contributed by atoms with E-state index in [1.165, 1.54) is 19.5 Å². The molecular formula is C18H37IN4O2. The Hall–Kier alpha value is -0.120. The van der Waals surface area contributed by atoms with Gasteiger partial charge in [0.25, 0.3) is 0 Å². The molecule has 2 rings (SSSR count). The van der Waals surface area contributed by atoms with Crippen LogP contribution in [0, 0.1) is 11.8 Å². The van der Waals surface area contributed by atoms with E-state index in [-0.39, 0.29) is 24.0 Å². The van der Waals surface area contributed by atoms with Gasteiger partial charge in [0, 0.05) is 45.3 Å². The van der Waals surface area contributed by atoms with Gasteiger partial charge in [-0.2, -0.15) is 0 Å². The third-order valence-electron chi connectivity index (χ3n) is 4.80. The fourth-order valence-electron chi connectivity index (χ4n) is 3.26. The second kappa shape index (κ2) is 14.0. The van der Waals surface area contributed by atoms with Crippen molar-refractivity contribution in [2.24, 2.45) is 16.8 Å². The number of hydrogen-bond acceptors (Lipinski definition) is 4. The summed E-state index contributed by atoms with van der Waals surface area (Å²) in [6.07, 6.45) is 3.42. The summed E-state index contributed by atoms with van der Waals surface area (Å²) in [7, 11) is 0. The Morgan fingerprint density at radius 2 is 2.12 bits per heavy atom. The van der Waals surface area contributed by atoms with E-state index in [1.54, 1.807) is 0 Å². The van der Waals surface area contributed by atoms with E-state index in [1.807, 2.05) is 0 Å². The second-order valence-corrected chi connectivity index (χ2v) is 6.85. The monoisotopic (exact) mass is 468 g/mol. The molecule has 148 valence electrons. The van der Waals surface area contributed by atoms with Gasteiger partial charge in [-0.05, 0) is 45.2 Å². The number of likely N-dealkylation sites (tertiary alicyclic amines) is 1. The molecule has 0 bridgehead atoms. The largest absolute Gasteiger partial charge is 0.381 e.